The second-order valence-corrected chi connectivity index (χ2v) is 9.50. The Morgan fingerprint density at radius 2 is 1.83 bits per heavy atom. The molecule has 2 aromatic heterocycles. The van der Waals surface area contributed by atoms with Gasteiger partial charge >= 0.3 is 0 Å². The summed E-state index contributed by atoms with van der Waals surface area (Å²) in [5, 5.41) is 11.8. The summed E-state index contributed by atoms with van der Waals surface area (Å²) in [6, 6.07) is 12.1. The molecule has 35 heavy (non-hydrogen) atoms. The molecule has 0 aliphatic rings. The van der Waals surface area contributed by atoms with Crippen molar-refractivity contribution in [3.8, 4) is 0 Å². The number of aliphatic hydroxyl groups is 1. The van der Waals surface area contributed by atoms with Crippen molar-refractivity contribution in [2.24, 2.45) is 0 Å². The number of nitrogens with one attached hydrogen (secondary N) is 2. The highest BCUT2D eigenvalue weighted by molar-refractivity contribution is 7.98. The number of aromatic nitrogens is 3. The summed E-state index contributed by atoms with van der Waals surface area (Å²) >= 11 is 1.16. The van der Waals surface area contributed by atoms with Crippen LogP contribution in [0.3, 0.4) is 0 Å². The van der Waals surface area contributed by atoms with Gasteiger partial charge < -0.3 is 9.83 Å². The van der Waals surface area contributed by atoms with Gasteiger partial charge in [-0.1, -0.05) is 50.6 Å². The fourth-order valence-electron chi connectivity index (χ4n) is 3.49. The molecular formula is C25H30FN5O2S2. The van der Waals surface area contributed by atoms with Crippen LogP contribution in [0.25, 0.3) is 11.0 Å². The summed E-state index contributed by atoms with van der Waals surface area (Å²) < 4.78 is 36.0. The van der Waals surface area contributed by atoms with Crippen molar-refractivity contribution >= 4 is 39.8 Å². The molecule has 0 fully saturated rings. The first-order valence-electron chi connectivity index (χ1n) is 11.3. The average Bonchev–Trinajstić information content (AvgIpc) is 3.27. The third kappa shape index (κ3) is 5.72. The minimum Gasteiger partial charge on any atom is -0.383 e. The Bertz CT molecular complexity index is 1310. The smallest absolute Gasteiger partial charge is 0.158 e. The van der Waals surface area contributed by atoms with E-state index in [1.807, 2.05) is 39.8 Å². The standard InChI is InChI=1S/C23H24FN5O2S2.C2H6/c1-4-27-32-28-19-7-5-6-17(21(19)24)22(30)18-12-29(23-20(18)15(3)25-13-26-23)33(31)16-10-8-14(2)9-11-16;1-2/h5-13,22,27-28,30H,4H2,1-3H3;1-2H3. The first-order valence-corrected chi connectivity index (χ1v) is 13.3. The Morgan fingerprint density at radius 3 is 2.51 bits per heavy atom. The minimum absolute atomic E-state index is 0.0977. The third-order valence-electron chi connectivity index (χ3n) is 5.17. The molecule has 3 N–H and O–H groups in total. The van der Waals surface area contributed by atoms with Crippen molar-refractivity contribution in [3.05, 3.63) is 83.2 Å². The zero-order chi connectivity index (χ0) is 25.5. The predicted octanol–water partition coefficient (Wildman–Crippen LogP) is 5.45. The van der Waals surface area contributed by atoms with Crippen LogP contribution in [0.15, 0.2) is 59.9 Å². The molecule has 4 rings (SSSR count). The molecule has 2 unspecified atom stereocenters. The lowest BCUT2D eigenvalue weighted by Crippen LogP contribution is -2.08. The van der Waals surface area contributed by atoms with Crippen molar-refractivity contribution in [2.45, 2.75) is 45.6 Å². The van der Waals surface area contributed by atoms with Gasteiger partial charge in [-0.3, -0.25) is 0 Å². The number of aliphatic hydroxyl groups excluding tert-OH is 1. The third-order valence-corrected chi connectivity index (χ3v) is 7.23. The van der Waals surface area contributed by atoms with E-state index in [-0.39, 0.29) is 11.3 Å². The maximum Gasteiger partial charge on any atom is 0.158 e. The summed E-state index contributed by atoms with van der Waals surface area (Å²) in [5.74, 6) is -0.564. The number of nitrogens with zero attached hydrogens (tertiary/aromatic N) is 3. The molecule has 7 nitrogen and oxygen atoms in total. The Hall–Kier alpha value is -2.79. The molecule has 2 heterocycles. The first-order chi connectivity index (χ1) is 16.9. The van der Waals surface area contributed by atoms with Gasteiger partial charge in [-0.15, -0.1) is 0 Å². The van der Waals surface area contributed by atoms with E-state index in [9.17, 15) is 9.32 Å². The number of halogens is 1. The van der Waals surface area contributed by atoms with Crippen molar-refractivity contribution in [3.63, 3.8) is 0 Å². The van der Waals surface area contributed by atoms with Gasteiger partial charge in [0.25, 0.3) is 0 Å². The van der Waals surface area contributed by atoms with Gasteiger partial charge in [-0.25, -0.2) is 27.3 Å². The largest absolute Gasteiger partial charge is 0.383 e. The van der Waals surface area contributed by atoms with Gasteiger partial charge in [0, 0.05) is 41.4 Å². The van der Waals surface area contributed by atoms with Crippen LogP contribution in [0.1, 0.15) is 49.3 Å². The van der Waals surface area contributed by atoms with Gasteiger partial charge in [-0.2, -0.15) is 0 Å². The Labute approximate surface area is 212 Å². The van der Waals surface area contributed by atoms with Gasteiger partial charge in [0.1, 0.15) is 12.4 Å². The van der Waals surface area contributed by atoms with E-state index in [1.165, 1.54) is 16.4 Å². The number of hydrogen-bond donors (Lipinski definition) is 3. The van der Waals surface area contributed by atoms with E-state index in [4.69, 9.17) is 0 Å². The highest BCUT2D eigenvalue weighted by atomic mass is 32.2. The summed E-state index contributed by atoms with van der Waals surface area (Å²) in [5.41, 5.74) is 2.80. The van der Waals surface area contributed by atoms with E-state index < -0.39 is 22.9 Å². The molecule has 0 aliphatic heterocycles. The number of aryl methyl sites for hydroxylation is 2. The molecule has 0 radical (unpaired) electrons. The fraction of sp³-hybridized carbons (Fsp3) is 0.280. The van der Waals surface area contributed by atoms with Gasteiger partial charge in [-0.05, 0) is 32.0 Å². The average molecular weight is 516 g/mol. The number of hydrogen-bond acceptors (Lipinski definition) is 7. The minimum atomic E-state index is -1.61. The van der Waals surface area contributed by atoms with Crippen molar-refractivity contribution in [1.29, 1.82) is 0 Å². The second-order valence-electron chi connectivity index (χ2n) is 7.44. The zero-order valence-corrected chi connectivity index (χ0v) is 22.0. The zero-order valence-electron chi connectivity index (χ0n) is 20.4. The molecule has 0 aliphatic carbocycles. The van der Waals surface area contributed by atoms with E-state index >= 15 is 4.39 Å². The Morgan fingerprint density at radius 1 is 1.11 bits per heavy atom. The summed E-state index contributed by atoms with van der Waals surface area (Å²) in [6.07, 6.45) is 1.65. The molecule has 2 aromatic carbocycles. The van der Waals surface area contributed by atoms with Crippen LogP contribution in [-0.2, 0) is 11.0 Å². The first kappa shape index (κ1) is 26.8. The van der Waals surface area contributed by atoms with E-state index in [2.05, 4.69) is 19.4 Å². The van der Waals surface area contributed by atoms with Gasteiger partial charge in [0.05, 0.1) is 16.3 Å². The molecule has 0 saturated carbocycles. The SMILES string of the molecule is CC.CCNSNc1cccc(C(O)c2cn(S(=O)c3ccc(C)cc3)c3ncnc(C)c23)c1F. The van der Waals surface area contributed by atoms with Crippen LogP contribution in [0.2, 0.25) is 0 Å². The quantitative estimate of drug-likeness (QED) is 0.212. The molecule has 0 bridgehead atoms. The van der Waals surface area contributed by atoms with E-state index in [0.717, 1.165) is 17.7 Å². The fourth-order valence-corrected chi connectivity index (χ4v) is 5.08. The van der Waals surface area contributed by atoms with Crippen LogP contribution in [-0.4, -0.2) is 29.8 Å². The summed E-state index contributed by atoms with van der Waals surface area (Å²) in [4.78, 5) is 9.15. The lowest BCUT2D eigenvalue weighted by atomic mass is 10.00. The number of anilines is 1. The number of fused-ring (bicyclic) bond motifs is 1. The maximum absolute atomic E-state index is 15.2. The van der Waals surface area contributed by atoms with Crippen LogP contribution in [0, 0.1) is 19.7 Å². The van der Waals surface area contributed by atoms with Gasteiger partial charge in [0.15, 0.2) is 22.5 Å². The highest BCUT2D eigenvalue weighted by Crippen LogP contribution is 2.35. The molecule has 0 saturated heterocycles. The second kappa shape index (κ2) is 12.3. The van der Waals surface area contributed by atoms with E-state index in [0.29, 0.717) is 33.7 Å². The van der Waals surface area contributed by atoms with Crippen molar-refractivity contribution in [2.75, 3.05) is 11.3 Å². The number of benzene rings is 2. The Kier molecular flexibility index (Phi) is 9.39. The van der Waals surface area contributed by atoms with Crippen LogP contribution in [0.5, 0.6) is 0 Å². The molecule has 10 heteroatoms. The molecule has 186 valence electrons. The predicted molar refractivity (Wildman–Crippen MR) is 142 cm³/mol. The summed E-state index contributed by atoms with van der Waals surface area (Å²) in [7, 11) is -1.61. The monoisotopic (exact) mass is 515 g/mol. The number of rotatable bonds is 8. The summed E-state index contributed by atoms with van der Waals surface area (Å²) in [6.45, 7) is 10.4. The molecule has 0 spiro atoms. The van der Waals surface area contributed by atoms with E-state index in [1.54, 1.807) is 37.4 Å². The lowest BCUT2D eigenvalue weighted by Gasteiger charge is -2.15. The normalized spacial score (nSPS) is 12.7. The molecule has 2 atom stereocenters. The topological polar surface area (TPSA) is 92.1 Å². The molecular weight excluding hydrogens is 485 g/mol. The van der Waals surface area contributed by atoms with Crippen molar-refractivity contribution < 1.29 is 13.7 Å². The van der Waals surface area contributed by atoms with Crippen LogP contribution < -0.4 is 9.44 Å². The van der Waals surface area contributed by atoms with Gasteiger partial charge in [0.2, 0.25) is 0 Å². The van der Waals surface area contributed by atoms with Crippen LogP contribution in [0.4, 0.5) is 10.1 Å². The highest BCUT2D eigenvalue weighted by Gasteiger charge is 2.25. The maximum atomic E-state index is 15.2. The van der Waals surface area contributed by atoms with Crippen molar-refractivity contribution in [1.82, 2.24) is 18.7 Å². The molecule has 0 amide bonds. The Balaban J connectivity index is 0.00000167. The van der Waals surface area contributed by atoms with Crippen LogP contribution >= 0.6 is 12.1 Å². The molecule has 4 aromatic rings. The lowest BCUT2D eigenvalue weighted by molar-refractivity contribution is 0.216.